The van der Waals surface area contributed by atoms with E-state index in [1.807, 2.05) is 32.7 Å². The van der Waals surface area contributed by atoms with Crippen molar-refractivity contribution in [2.75, 3.05) is 49.4 Å². The van der Waals surface area contributed by atoms with Crippen molar-refractivity contribution < 1.29 is 9.53 Å². The van der Waals surface area contributed by atoms with Crippen LogP contribution in [0.5, 0.6) is 0 Å². The second-order valence-electron chi connectivity index (χ2n) is 9.68. The number of amides is 1. The van der Waals surface area contributed by atoms with E-state index in [1.165, 1.54) is 0 Å². The molecular weight excluding hydrogens is 461 g/mol. The van der Waals surface area contributed by atoms with E-state index in [0.29, 0.717) is 30.8 Å². The summed E-state index contributed by atoms with van der Waals surface area (Å²) >= 11 is 12.0. The highest BCUT2D eigenvalue weighted by Gasteiger charge is 2.27. The average molecular weight is 498 g/mol. The molecule has 0 atom stereocenters. The van der Waals surface area contributed by atoms with Crippen molar-refractivity contribution in [1.82, 2.24) is 19.8 Å². The Morgan fingerprint density at radius 3 is 2.48 bits per heavy atom. The Morgan fingerprint density at radius 1 is 1.21 bits per heavy atom. The number of anilines is 1. The molecule has 2 heterocycles. The Morgan fingerprint density at radius 2 is 1.88 bits per heavy atom. The number of hydrogen-bond donors (Lipinski definition) is 1. The number of nitrogens with one attached hydrogen (secondary N) is 1. The molecular formula is C24H37Cl2N5O2. The molecule has 1 aromatic heterocycles. The van der Waals surface area contributed by atoms with Crippen LogP contribution in [0.1, 0.15) is 39.4 Å². The third-order valence-electron chi connectivity index (χ3n) is 5.95. The van der Waals surface area contributed by atoms with Gasteiger partial charge in [-0.3, -0.25) is 0 Å². The molecule has 2 aromatic rings. The zero-order valence-corrected chi connectivity index (χ0v) is 21.8. The normalized spacial score (nSPS) is 15.1. The number of nitrogens with zero attached hydrogens (tertiary/aromatic N) is 4. The largest absolute Gasteiger partial charge is 0.444 e. The number of aryl methyl sites for hydroxylation is 1. The van der Waals surface area contributed by atoms with Gasteiger partial charge in [0.1, 0.15) is 11.4 Å². The Bertz CT molecular complexity index is 915. The van der Waals surface area contributed by atoms with Crippen LogP contribution >= 0.6 is 23.2 Å². The molecule has 1 N–H and O–H groups in total. The van der Waals surface area contributed by atoms with Gasteiger partial charge >= 0.3 is 6.09 Å². The minimum Gasteiger partial charge on any atom is -0.444 e. The van der Waals surface area contributed by atoms with E-state index in [9.17, 15) is 4.79 Å². The topological polar surface area (TPSA) is 62.6 Å². The van der Waals surface area contributed by atoms with E-state index in [2.05, 4.69) is 33.0 Å². The van der Waals surface area contributed by atoms with Gasteiger partial charge in [0.25, 0.3) is 0 Å². The molecule has 0 radical (unpaired) electrons. The molecule has 7 nitrogen and oxygen atoms in total. The van der Waals surface area contributed by atoms with Gasteiger partial charge in [0, 0.05) is 44.1 Å². The van der Waals surface area contributed by atoms with Crippen molar-refractivity contribution in [3.63, 3.8) is 0 Å². The predicted molar refractivity (Wildman–Crippen MR) is 137 cm³/mol. The van der Waals surface area contributed by atoms with Gasteiger partial charge < -0.3 is 24.4 Å². The Hall–Kier alpha value is -1.70. The summed E-state index contributed by atoms with van der Waals surface area (Å²) in [6.45, 7) is 10.2. The first-order chi connectivity index (χ1) is 15.7. The number of halogens is 2. The van der Waals surface area contributed by atoms with Gasteiger partial charge in [0.15, 0.2) is 0 Å². The molecule has 0 saturated carbocycles. The number of benzene rings is 1. The number of ether oxygens (including phenoxy) is 1. The minimum absolute atomic E-state index is 0.288. The quantitative estimate of drug-likeness (QED) is 0.513. The van der Waals surface area contributed by atoms with Crippen LogP contribution in [0.4, 0.5) is 10.5 Å². The summed E-state index contributed by atoms with van der Waals surface area (Å²) in [5.41, 5.74) is 2.42. The van der Waals surface area contributed by atoms with Crippen LogP contribution in [0, 0.1) is 5.92 Å². The van der Waals surface area contributed by atoms with Gasteiger partial charge in [0.2, 0.25) is 0 Å². The Labute approximate surface area is 207 Å². The van der Waals surface area contributed by atoms with Gasteiger partial charge in [-0.05, 0) is 70.8 Å². The van der Waals surface area contributed by atoms with E-state index < -0.39 is 5.60 Å². The SMILES string of the molecule is Cn1c(CN(CC2CCNCC2)C(=O)OC(C)(C)C)nc2cc(N(CCCl)CCCl)ccc21. The highest BCUT2D eigenvalue weighted by Crippen LogP contribution is 2.25. The summed E-state index contributed by atoms with van der Waals surface area (Å²) in [5, 5.41) is 3.39. The summed E-state index contributed by atoms with van der Waals surface area (Å²) in [5.74, 6) is 2.36. The minimum atomic E-state index is -0.543. The van der Waals surface area contributed by atoms with E-state index in [1.54, 1.807) is 0 Å². The maximum absolute atomic E-state index is 13.1. The smallest absolute Gasteiger partial charge is 0.410 e. The van der Waals surface area contributed by atoms with Crippen LogP contribution in [0.15, 0.2) is 18.2 Å². The summed E-state index contributed by atoms with van der Waals surface area (Å²) < 4.78 is 7.80. The zero-order chi connectivity index (χ0) is 24.0. The number of alkyl halides is 2. The molecule has 1 aliphatic rings. The van der Waals surface area contributed by atoms with Crippen molar-refractivity contribution in [1.29, 1.82) is 0 Å². The van der Waals surface area contributed by atoms with Crippen molar-refractivity contribution in [3.05, 3.63) is 24.0 Å². The molecule has 1 aliphatic heterocycles. The molecule has 184 valence electrons. The van der Waals surface area contributed by atoms with Gasteiger partial charge in [-0.2, -0.15) is 0 Å². The Kier molecular flexibility index (Phi) is 9.13. The fourth-order valence-electron chi connectivity index (χ4n) is 4.23. The number of carbonyl (C=O) groups is 1. The maximum atomic E-state index is 13.1. The van der Waals surface area contributed by atoms with Gasteiger partial charge in [-0.1, -0.05) is 0 Å². The third-order valence-corrected chi connectivity index (χ3v) is 6.29. The maximum Gasteiger partial charge on any atom is 0.410 e. The van der Waals surface area contributed by atoms with Crippen LogP contribution in [0.2, 0.25) is 0 Å². The lowest BCUT2D eigenvalue weighted by Crippen LogP contribution is -2.42. The summed E-state index contributed by atoms with van der Waals surface area (Å²) in [6.07, 6.45) is 1.83. The van der Waals surface area contributed by atoms with Gasteiger partial charge in [-0.15, -0.1) is 23.2 Å². The highest BCUT2D eigenvalue weighted by atomic mass is 35.5. The molecule has 0 bridgehead atoms. The van der Waals surface area contributed by atoms with Crippen molar-refractivity contribution in [3.8, 4) is 0 Å². The summed E-state index contributed by atoms with van der Waals surface area (Å²) in [6, 6.07) is 6.22. The van der Waals surface area contributed by atoms with Crippen molar-refractivity contribution >= 4 is 46.0 Å². The number of imidazole rings is 1. The van der Waals surface area contributed by atoms with E-state index in [0.717, 1.165) is 61.6 Å². The fraction of sp³-hybridized carbons (Fsp3) is 0.667. The lowest BCUT2D eigenvalue weighted by molar-refractivity contribution is 0.0185. The lowest BCUT2D eigenvalue weighted by atomic mass is 9.97. The molecule has 0 unspecified atom stereocenters. The second kappa shape index (κ2) is 11.6. The molecule has 33 heavy (non-hydrogen) atoms. The third kappa shape index (κ3) is 7.14. The fourth-order valence-corrected chi connectivity index (χ4v) is 4.64. The van der Waals surface area contributed by atoms with Crippen LogP contribution < -0.4 is 10.2 Å². The molecule has 0 aliphatic carbocycles. The first-order valence-corrected chi connectivity index (χ1v) is 12.8. The Balaban J connectivity index is 1.85. The van der Waals surface area contributed by atoms with Crippen molar-refractivity contribution in [2.45, 2.75) is 45.8 Å². The molecule has 3 rings (SSSR count). The van der Waals surface area contributed by atoms with Gasteiger partial charge in [0.05, 0.1) is 17.6 Å². The highest BCUT2D eigenvalue weighted by molar-refractivity contribution is 6.18. The number of piperidine rings is 1. The second-order valence-corrected chi connectivity index (χ2v) is 10.4. The molecule has 1 aromatic carbocycles. The number of rotatable bonds is 9. The molecule has 1 saturated heterocycles. The van der Waals surface area contributed by atoms with Crippen LogP contribution in [0.25, 0.3) is 11.0 Å². The van der Waals surface area contributed by atoms with Gasteiger partial charge in [-0.25, -0.2) is 9.78 Å². The number of hydrogen-bond acceptors (Lipinski definition) is 5. The van der Waals surface area contributed by atoms with Crippen molar-refractivity contribution in [2.24, 2.45) is 13.0 Å². The number of fused-ring (bicyclic) bond motifs is 1. The molecule has 1 fully saturated rings. The number of aromatic nitrogens is 2. The molecule has 9 heteroatoms. The monoisotopic (exact) mass is 497 g/mol. The summed E-state index contributed by atoms with van der Waals surface area (Å²) in [4.78, 5) is 21.9. The lowest BCUT2D eigenvalue weighted by Gasteiger charge is -2.31. The standard InChI is InChI=1S/C24H37Cl2N5O2/c1-24(2,3)33-23(32)31(16-18-7-11-27-12-8-18)17-22-28-20-15-19(5-6-21(20)29(22)4)30(13-9-25)14-10-26/h5-6,15,18,27H,7-14,16-17H2,1-4H3. The molecule has 1 amide bonds. The zero-order valence-electron chi connectivity index (χ0n) is 20.2. The first-order valence-electron chi connectivity index (χ1n) is 11.7. The van der Waals surface area contributed by atoms with Crippen LogP contribution in [-0.2, 0) is 18.3 Å². The number of carbonyl (C=O) groups excluding carboxylic acids is 1. The van der Waals surface area contributed by atoms with E-state index >= 15 is 0 Å². The predicted octanol–water partition coefficient (Wildman–Crippen LogP) is 4.59. The average Bonchev–Trinajstić information content (AvgIpc) is 3.07. The van der Waals surface area contributed by atoms with Crippen LogP contribution in [0.3, 0.4) is 0 Å². The molecule has 0 spiro atoms. The summed E-state index contributed by atoms with van der Waals surface area (Å²) in [7, 11) is 2.00. The first kappa shape index (κ1) is 25.9. The van der Waals surface area contributed by atoms with E-state index in [-0.39, 0.29) is 6.09 Å². The van der Waals surface area contributed by atoms with Crippen LogP contribution in [-0.4, -0.2) is 70.6 Å². The van der Waals surface area contributed by atoms with E-state index in [4.69, 9.17) is 32.9 Å².